The van der Waals surface area contributed by atoms with Crippen molar-refractivity contribution >= 4 is 5.91 Å². The molecule has 1 amide bonds. The molecule has 2 saturated heterocycles. The van der Waals surface area contributed by atoms with Crippen LogP contribution in [0.3, 0.4) is 0 Å². The number of carbonyl (C=O) groups is 1. The van der Waals surface area contributed by atoms with Crippen molar-refractivity contribution in [2.45, 2.75) is 111 Å². The first-order valence-corrected chi connectivity index (χ1v) is 15.9. The lowest BCUT2D eigenvalue weighted by Crippen LogP contribution is -2.70. The molecule has 5 aliphatic rings. The van der Waals surface area contributed by atoms with Gasteiger partial charge in [-0.05, 0) is 71.2 Å². The largest absolute Gasteiger partial charge is 0.492 e. The van der Waals surface area contributed by atoms with Gasteiger partial charge in [-0.25, -0.2) is 0 Å². The summed E-state index contributed by atoms with van der Waals surface area (Å²) < 4.78 is 18.4. The highest BCUT2D eigenvalue weighted by atomic mass is 16.7. The van der Waals surface area contributed by atoms with E-state index in [0.29, 0.717) is 31.2 Å². The van der Waals surface area contributed by atoms with E-state index in [2.05, 4.69) is 21.3 Å². The molecule has 4 fully saturated rings. The van der Waals surface area contributed by atoms with Gasteiger partial charge in [0.2, 0.25) is 0 Å². The van der Waals surface area contributed by atoms with Gasteiger partial charge < -0.3 is 73.1 Å². The third-order valence-corrected chi connectivity index (χ3v) is 10.2. The Balaban J connectivity index is 1.32. The average molecular weight is 628 g/mol. The van der Waals surface area contributed by atoms with Crippen LogP contribution in [0.2, 0.25) is 0 Å². The predicted molar refractivity (Wildman–Crippen MR) is 160 cm³/mol. The zero-order valence-corrected chi connectivity index (χ0v) is 25.7. The van der Waals surface area contributed by atoms with Crippen LogP contribution in [0.15, 0.2) is 11.8 Å². The number of aliphatic hydroxyl groups is 4. The van der Waals surface area contributed by atoms with Crippen LogP contribution < -0.4 is 38.5 Å². The molecule has 252 valence electrons. The third kappa shape index (κ3) is 7.09. The van der Waals surface area contributed by atoms with E-state index in [9.17, 15) is 25.2 Å². The van der Waals surface area contributed by atoms with Crippen LogP contribution in [0.1, 0.15) is 39.0 Å². The van der Waals surface area contributed by atoms with Crippen LogP contribution in [-0.4, -0.2) is 138 Å². The fraction of sp³-hybridized carbons (Fsp3) is 0.897. The highest BCUT2D eigenvalue weighted by Crippen LogP contribution is 2.37. The molecule has 0 spiro atoms. The molecule has 0 aromatic carbocycles. The molecule has 0 bridgehead atoms. The summed E-state index contributed by atoms with van der Waals surface area (Å²) in [5.41, 5.74) is 16.1. The van der Waals surface area contributed by atoms with E-state index in [4.69, 9.17) is 31.4 Å². The van der Waals surface area contributed by atoms with E-state index < -0.39 is 77.9 Å². The molecule has 2 aliphatic carbocycles. The Morgan fingerprint density at radius 2 is 1.91 bits per heavy atom. The molecular weight excluding hydrogens is 574 g/mol. The second kappa shape index (κ2) is 13.7. The summed E-state index contributed by atoms with van der Waals surface area (Å²) in [5.74, 6) is -0.0210. The number of hydrogen-bond donors (Lipinski definition) is 11. The van der Waals surface area contributed by atoms with Gasteiger partial charge in [-0.3, -0.25) is 4.79 Å². The summed E-state index contributed by atoms with van der Waals surface area (Å²) in [6, 6.07) is -2.43. The molecule has 5 rings (SSSR count). The Labute approximate surface area is 258 Å². The number of β-amino-alcohol motifs (C(OH)–C–C–N with tert-alkyl or cyclic N) is 1. The maximum absolute atomic E-state index is 13.2. The topological polar surface area (TPSA) is 252 Å². The minimum atomic E-state index is -1.61. The van der Waals surface area contributed by atoms with Crippen molar-refractivity contribution in [2.75, 3.05) is 39.8 Å². The monoisotopic (exact) mass is 627 g/mol. The number of nitrogens with one attached hydrogen (secondary N) is 4. The van der Waals surface area contributed by atoms with Crippen molar-refractivity contribution in [1.29, 1.82) is 0 Å². The molecule has 44 heavy (non-hydrogen) atoms. The highest BCUT2D eigenvalue weighted by molar-refractivity contribution is 5.86. The first-order valence-electron chi connectivity index (χ1n) is 15.9. The Bertz CT molecular complexity index is 1020. The second-order valence-electron chi connectivity index (χ2n) is 13.8. The summed E-state index contributed by atoms with van der Waals surface area (Å²) in [4.78, 5) is 13.2. The summed E-state index contributed by atoms with van der Waals surface area (Å²) in [6.45, 7) is 3.33. The van der Waals surface area contributed by atoms with Gasteiger partial charge in [0.05, 0.1) is 31.3 Å². The maximum Gasteiger partial charge on any atom is 0.253 e. The minimum absolute atomic E-state index is 0.0964. The molecule has 15 heteroatoms. The van der Waals surface area contributed by atoms with Crippen LogP contribution in [0.5, 0.6) is 0 Å². The molecule has 0 aromatic heterocycles. The molecule has 3 aliphatic heterocycles. The number of ether oxygens (including phenoxy) is 3. The van der Waals surface area contributed by atoms with Crippen LogP contribution in [0, 0.1) is 11.8 Å². The second-order valence-corrected chi connectivity index (χ2v) is 13.8. The van der Waals surface area contributed by atoms with E-state index in [-0.39, 0.29) is 32.0 Å². The molecule has 12 atom stereocenters. The van der Waals surface area contributed by atoms with E-state index in [1.165, 1.54) is 0 Å². The van der Waals surface area contributed by atoms with Crippen molar-refractivity contribution in [1.82, 2.24) is 21.3 Å². The van der Waals surface area contributed by atoms with Crippen molar-refractivity contribution < 1.29 is 39.4 Å². The summed E-state index contributed by atoms with van der Waals surface area (Å²) >= 11 is 0. The van der Waals surface area contributed by atoms with Gasteiger partial charge in [0.25, 0.3) is 5.91 Å². The molecule has 2 unspecified atom stereocenters. The Morgan fingerprint density at radius 3 is 2.57 bits per heavy atom. The van der Waals surface area contributed by atoms with Crippen molar-refractivity contribution in [3.63, 3.8) is 0 Å². The molecule has 3 heterocycles. The quantitative estimate of drug-likeness (QED) is 0.110. The first-order chi connectivity index (χ1) is 20.8. The van der Waals surface area contributed by atoms with E-state index in [1.807, 2.05) is 6.08 Å². The minimum Gasteiger partial charge on any atom is -0.492 e. The number of aliphatic hydroxyl groups excluding tert-OH is 2. The first kappa shape index (κ1) is 33.9. The lowest BCUT2D eigenvalue weighted by Gasteiger charge is -2.50. The van der Waals surface area contributed by atoms with E-state index in [1.54, 1.807) is 14.0 Å². The number of rotatable bonds is 10. The van der Waals surface area contributed by atoms with Gasteiger partial charge in [-0.2, -0.15) is 0 Å². The van der Waals surface area contributed by atoms with Gasteiger partial charge in [0, 0.05) is 30.6 Å². The lowest BCUT2D eigenvalue weighted by molar-refractivity contribution is -0.297. The molecule has 15 nitrogen and oxygen atoms in total. The Kier molecular flexibility index (Phi) is 10.6. The average Bonchev–Trinajstić information content (AvgIpc) is 3.40. The predicted octanol–water partition coefficient (Wildman–Crippen LogP) is -4.33. The molecule has 0 aromatic rings. The fourth-order valence-electron chi connectivity index (χ4n) is 7.49. The zero-order chi connectivity index (χ0) is 31.8. The molecule has 0 radical (unpaired) electrons. The Hall–Kier alpha value is -1.47. The van der Waals surface area contributed by atoms with Crippen LogP contribution in [-0.2, 0) is 19.0 Å². The number of hydrogen-bond acceptors (Lipinski definition) is 14. The van der Waals surface area contributed by atoms with Crippen LogP contribution in [0.25, 0.3) is 0 Å². The van der Waals surface area contributed by atoms with Crippen LogP contribution in [0.4, 0.5) is 0 Å². The van der Waals surface area contributed by atoms with Crippen LogP contribution >= 0.6 is 0 Å². The van der Waals surface area contributed by atoms with Gasteiger partial charge in [0.15, 0.2) is 11.9 Å². The number of likely N-dealkylation sites (N-methyl/N-ethyl adjacent to an activating group) is 1. The van der Waals surface area contributed by atoms with E-state index in [0.717, 1.165) is 19.4 Å². The number of amides is 1. The zero-order valence-electron chi connectivity index (χ0n) is 25.7. The summed E-state index contributed by atoms with van der Waals surface area (Å²) in [5, 5.41) is 56.8. The van der Waals surface area contributed by atoms with Crippen molar-refractivity contribution in [3.8, 4) is 0 Å². The normalized spacial score (nSPS) is 47.8. The summed E-state index contributed by atoms with van der Waals surface area (Å²) in [6.07, 6.45) is -0.673. The lowest BCUT2D eigenvalue weighted by atomic mass is 9.72. The molecule has 2 saturated carbocycles. The Morgan fingerprint density at radius 1 is 1.16 bits per heavy atom. The number of carbonyl (C=O) groups excluding carboxylic acids is 1. The van der Waals surface area contributed by atoms with E-state index >= 15 is 0 Å². The van der Waals surface area contributed by atoms with Crippen molar-refractivity contribution in [3.05, 3.63) is 11.8 Å². The highest BCUT2D eigenvalue weighted by Gasteiger charge is 2.54. The molecular formula is C29H53N7O8. The number of nitrogens with two attached hydrogens (primary N) is 3. The third-order valence-electron chi connectivity index (χ3n) is 10.2. The van der Waals surface area contributed by atoms with Gasteiger partial charge in [-0.1, -0.05) is 0 Å². The smallest absolute Gasteiger partial charge is 0.253 e. The van der Waals surface area contributed by atoms with Crippen molar-refractivity contribution in [2.24, 2.45) is 29.0 Å². The maximum atomic E-state index is 13.2. The van der Waals surface area contributed by atoms with Gasteiger partial charge in [0.1, 0.15) is 29.7 Å². The van der Waals surface area contributed by atoms with Gasteiger partial charge >= 0.3 is 0 Å². The SMILES string of the molecule is CN[C@@H]1[C@@H](O)[C@@H](O[C@@H]2[C@@H](O)[C@H](C3OC(CNCC4CC(N)C4)=CC[C@H]3N)[C@@H](N)C[C@H]2NC(=O)C2(O)CCNC2)OC[C@]1(C)O. The van der Waals surface area contributed by atoms with Gasteiger partial charge in [-0.15, -0.1) is 0 Å². The summed E-state index contributed by atoms with van der Waals surface area (Å²) in [7, 11) is 1.61. The fourth-order valence-corrected chi connectivity index (χ4v) is 7.49. The molecule has 14 N–H and O–H groups in total. The standard InChI is InChI=1S/C29H53N7O8/c1-28(40)13-42-26(22(38)25(28)33-2)44-24-19(36-27(39)29(41)5-6-34-12-29)9-18(32)20(21(24)37)23-17(31)4-3-16(43-23)11-35-10-14-7-15(30)8-14/h3,14-15,17-26,33-35,37-38,40-41H,4-13,30-32H2,1-2H3,(H,36,39)/t14?,15?,17-,18+,19-,20-,21+,22-,23?,24+,25-,26-,28+,29?/m1/s1.